The fraction of sp³-hybridized carbons (Fsp3) is 0.722. The Hall–Kier alpha value is -1.35. The summed E-state index contributed by atoms with van der Waals surface area (Å²) in [5.74, 6) is 0.176. The van der Waals surface area contributed by atoms with E-state index < -0.39 is 41.6 Å². The zero-order chi connectivity index (χ0) is 20.2. The van der Waals surface area contributed by atoms with Crippen LogP contribution in [0, 0.1) is 5.92 Å². The molecule has 3 unspecified atom stereocenters. The summed E-state index contributed by atoms with van der Waals surface area (Å²) >= 11 is 3.58. The number of hydrogen-bond acceptors (Lipinski definition) is 6. The van der Waals surface area contributed by atoms with Gasteiger partial charge in [0.25, 0.3) is 0 Å². The number of rotatable bonds is 4. The second kappa shape index (κ2) is 9.23. The topological polar surface area (TPSA) is 105 Å². The molecule has 7 nitrogen and oxygen atoms in total. The number of carbonyl (C=O) groups excluding carboxylic acids is 2. The fourth-order valence-corrected chi connectivity index (χ4v) is 5.97. The smallest absolute Gasteiger partial charge is 0.407 e. The van der Waals surface area contributed by atoms with Crippen LogP contribution in [0.5, 0.6) is 0 Å². The molecule has 0 bridgehead atoms. The van der Waals surface area contributed by atoms with Crippen LogP contribution in [0.25, 0.3) is 0 Å². The molecule has 1 aliphatic heterocycles. The molecule has 2 fully saturated rings. The summed E-state index contributed by atoms with van der Waals surface area (Å²) < 4.78 is 6.57. The molecule has 2 amide bonds. The first-order valence-electron chi connectivity index (χ1n) is 9.04. The third-order valence-corrected chi connectivity index (χ3v) is 7.06. The van der Waals surface area contributed by atoms with E-state index in [0.29, 0.717) is 12.8 Å². The number of aliphatic carboxylic acids is 1. The summed E-state index contributed by atoms with van der Waals surface area (Å²) in [6.07, 6.45) is 1.69. The molecule has 3 N–H and O–H groups in total. The van der Waals surface area contributed by atoms with Gasteiger partial charge in [-0.15, -0.1) is 23.5 Å². The Kier molecular flexibility index (Phi) is 7.50. The van der Waals surface area contributed by atoms with Crippen molar-refractivity contribution in [3.63, 3.8) is 0 Å². The maximum atomic E-state index is 12.3. The van der Waals surface area contributed by atoms with E-state index in [4.69, 9.17) is 4.74 Å². The van der Waals surface area contributed by atoms with Crippen molar-refractivity contribution in [2.24, 2.45) is 5.92 Å². The van der Waals surface area contributed by atoms with Crippen molar-refractivity contribution < 1.29 is 24.2 Å². The van der Waals surface area contributed by atoms with Gasteiger partial charge in [0, 0.05) is 23.1 Å². The monoisotopic (exact) mass is 416 g/mol. The van der Waals surface area contributed by atoms with Crippen molar-refractivity contribution in [1.82, 2.24) is 10.6 Å². The molecule has 0 aromatic carbocycles. The Morgan fingerprint density at radius 1 is 1.19 bits per heavy atom. The van der Waals surface area contributed by atoms with E-state index in [1.807, 2.05) is 0 Å². The fourth-order valence-electron chi connectivity index (χ4n) is 3.27. The summed E-state index contributed by atoms with van der Waals surface area (Å²) in [4.78, 5) is 35.6. The lowest BCUT2D eigenvalue weighted by molar-refractivity contribution is -0.143. The highest BCUT2D eigenvalue weighted by atomic mass is 32.2. The number of carboxylic acid groups (broad SMARTS) is 1. The Balaban J connectivity index is 2.23. The lowest BCUT2D eigenvalue weighted by atomic mass is 9.94. The minimum Gasteiger partial charge on any atom is -0.480 e. The Morgan fingerprint density at radius 3 is 2.33 bits per heavy atom. The van der Waals surface area contributed by atoms with Crippen molar-refractivity contribution in [2.75, 3.05) is 11.5 Å². The highest BCUT2D eigenvalue weighted by Crippen LogP contribution is 2.44. The van der Waals surface area contributed by atoms with Gasteiger partial charge in [-0.2, -0.15) is 0 Å². The summed E-state index contributed by atoms with van der Waals surface area (Å²) in [7, 11) is 0. The van der Waals surface area contributed by atoms with Gasteiger partial charge in [0.05, 0.1) is 0 Å². The maximum absolute atomic E-state index is 12.3. The van der Waals surface area contributed by atoms with Crippen LogP contribution in [0.2, 0.25) is 0 Å². The zero-order valence-corrected chi connectivity index (χ0v) is 17.8. The van der Waals surface area contributed by atoms with Crippen LogP contribution in [0.1, 0.15) is 47.0 Å². The molecule has 1 saturated heterocycles. The molecule has 1 aliphatic carbocycles. The number of ether oxygens (including phenoxy) is 1. The van der Waals surface area contributed by atoms with Crippen molar-refractivity contribution in [1.29, 1.82) is 0 Å². The number of carbonyl (C=O) groups is 3. The minimum absolute atomic E-state index is 0.402. The number of nitrogens with one attached hydrogen (secondary N) is 2. The lowest BCUT2D eigenvalue weighted by Crippen LogP contribution is -2.52. The predicted molar refractivity (Wildman–Crippen MR) is 108 cm³/mol. The minimum atomic E-state index is -1.10. The molecule has 1 heterocycles. The quantitative estimate of drug-likeness (QED) is 0.647. The summed E-state index contributed by atoms with van der Waals surface area (Å²) in [5, 5.41) is 15.0. The molecule has 152 valence electrons. The second-order valence-electron chi connectivity index (χ2n) is 7.78. The van der Waals surface area contributed by atoms with Gasteiger partial charge in [-0.25, -0.2) is 9.59 Å². The van der Waals surface area contributed by atoms with Gasteiger partial charge in [0.1, 0.15) is 11.6 Å². The van der Waals surface area contributed by atoms with Crippen LogP contribution in [-0.2, 0) is 14.3 Å². The van der Waals surface area contributed by atoms with Crippen LogP contribution >= 0.6 is 23.5 Å². The van der Waals surface area contributed by atoms with Crippen molar-refractivity contribution >= 4 is 41.5 Å². The first-order valence-corrected chi connectivity index (χ1v) is 11.0. The Labute approximate surface area is 168 Å². The number of thioether (sulfide) groups is 2. The van der Waals surface area contributed by atoms with Crippen LogP contribution in [0.15, 0.2) is 9.81 Å². The summed E-state index contributed by atoms with van der Waals surface area (Å²) in [5.41, 5.74) is 0.519. The average Bonchev–Trinajstić information content (AvgIpc) is 2.94. The van der Waals surface area contributed by atoms with E-state index >= 15 is 0 Å². The third-order valence-electron chi connectivity index (χ3n) is 4.26. The standard InChI is InChI=1S/C18H28N2O5S2/c1-10(21)19-14(15(22)23)12-8-11(16-26-6-5-7-27-16)9-13(12)20-17(24)25-18(2,3)4/h12-14H,5-9H2,1-4H3,(H,19,21)(H,20,24)(H,22,23). The van der Waals surface area contributed by atoms with Gasteiger partial charge in [0.15, 0.2) is 0 Å². The average molecular weight is 417 g/mol. The van der Waals surface area contributed by atoms with Crippen molar-refractivity contribution in [3.8, 4) is 0 Å². The molecule has 1 saturated carbocycles. The van der Waals surface area contributed by atoms with Gasteiger partial charge in [-0.05, 0) is 57.1 Å². The molecular weight excluding hydrogens is 388 g/mol. The molecular formula is C18H28N2O5S2. The van der Waals surface area contributed by atoms with E-state index in [1.165, 1.54) is 11.2 Å². The number of carboxylic acids is 1. The first-order chi connectivity index (χ1) is 12.6. The normalized spacial score (nSPS) is 24.3. The molecule has 0 aromatic heterocycles. The van der Waals surface area contributed by atoms with E-state index in [9.17, 15) is 19.5 Å². The van der Waals surface area contributed by atoms with Crippen LogP contribution in [0.3, 0.4) is 0 Å². The van der Waals surface area contributed by atoms with Crippen LogP contribution < -0.4 is 10.6 Å². The largest absolute Gasteiger partial charge is 0.480 e. The SMILES string of the molecule is CC(=O)NC(C(=O)O)C1CC(=C2SCCCS2)CC1NC(=O)OC(C)(C)C. The third kappa shape index (κ3) is 6.64. The molecule has 2 rings (SSSR count). The number of alkyl carbamates (subject to hydrolysis) is 1. The second-order valence-corrected chi connectivity index (χ2v) is 10.3. The van der Waals surface area contributed by atoms with E-state index in [1.54, 1.807) is 44.3 Å². The zero-order valence-electron chi connectivity index (χ0n) is 16.2. The molecule has 2 aliphatic rings. The molecule has 27 heavy (non-hydrogen) atoms. The Bertz CT molecular complexity index is 622. The van der Waals surface area contributed by atoms with Gasteiger partial charge < -0.3 is 20.5 Å². The van der Waals surface area contributed by atoms with Gasteiger partial charge in [0.2, 0.25) is 5.91 Å². The lowest BCUT2D eigenvalue weighted by Gasteiger charge is -2.28. The first kappa shape index (κ1) is 21.9. The van der Waals surface area contributed by atoms with E-state index in [0.717, 1.165) is 23.5 Å². The highest BCUT2D eigenvalue weighted by Gasteiger charge is 2.42. The van der Waals surface area contributed by atoms with E-state index in [-0.39, 0.29) is 0 Å². The Morgan fingerprint density at radius 2 is 1.81 bits per heavy atom. The van der Waals surface area contributed by atoms with Crippen LogP contribution in [-0.4, -0.2) is 52.3 Å². The number of amides is 2. The maximum Gasteiger partial charge on any atom is 0.407 e. The highest BCUT2D eigenvalue weighted by molar-refractivity contribution is 8.22. The molecule has 9 heteroatoms. The number of hydrogen-bond donors (Lipinski definition) is 3. The van der Waals surface area contributed by atoms with Crippen LogP contribution in [0.4, 0.5) is 4.79 Å². The molecule has 3 atom stereocenters. The van der Waals surface area contributed by atoms with Gasteiger partial charge >= 0.3 is 12.1 Å². The predicted octanol–water partition coefficient (Wildman–Crippen LogP) is 2.96. The van der Waals surface area contributed by atoms with Crippen molar-refractivity contribution in [3.05, 3.63) is 9.81 Å². The molecule has 0 aromatic rings. The van der Waals surface area contributed by atoms with Gasteiger partial charge in [-0.1, -0.05) is 0 Å². The van der Waals surface area contributed by atoms with Gasteiger partial charge in [-0.3, -0.25) is 4.79 Å². The molecule has 0 spiro atoms. The summed E-state index contributed by atoms with van der Waals surface area (Å²) in [6.45, 7) is 6.63. The molecule has 0 radical (unpaired) electrons. The summed E-state index contributed by atoms with van der Waals surface area (Å²) in [6, 6.07) is -1.46. The van der Waals surface area contributed by atoms with Crippen molar-refractivity contribution in [2.45, 2.75) is 64.6 Å². The van der Waals surface area contributed by atoms with E-state index in [2.05, 4.69) is 10.6 Å².